The number of aliphatic imine (C=N–C) groups is 1. The monoisotopic (exact) mass is 265 g/mol. The van der Waals surface area contributed by atoms with E-state index >= 15 is 0 Å². The SMILES string of the molecule is CN=C(NCCc1cccc(F)c1)NCCC(C)C. The minimum atomic E-state index is -0.183. The lowest BCUT2D eigenvalue weighted by Gasteiger charge is -2.12. The number of halogens is 1. The molecular weight excluding hydrogens is 241 g/mol. The number of guanidine groups is 1. The number of nitrogens with one attached hydrogen (secondary N) is 2. The molecule has 1 aromatic rings. The topological polar surface area (TPSA) is 36.4 Å². The molecule has 0 spiro atoms. The first-order valence-electron chi connectivity index (χ1n) is 6.80. The Morgan fingerprint density at radius 3 is 2.63 bits per heavy atom. The van der Waals surface area contributed by atoms with E-state index in [9.17, 15) is 4.39 Å². The van der Waals surface area contributed by atoms with Gasteiger partial charge in [-0.15, -0.1) is 0 Å². The van der Waals surface area contributed by atoms with Crippen molar-refractivity contribution in [2.45, 2.75) is 26.7 Å². The molecule has 1 aromatic carbocycles. The molecule has 0 radical (unpaired) electrons. The van der Waals surface area contributed by atoms with Gasteiger partial charge in [-0.2, -0.15) is 0 Å². The van der Waals surface area contributed by atoms with Crippen molar-refractivity contribution in [3.05, 3.63) is 35.6 Å². The van der Waals surface area contributed by atoms with Crippen LogP contribution in [0.15, 0.2) is 29.3 Å². The van der Waals surface area contributed by atoms with Crippen molar-refractivity contribution in [2.75, 3.05) is 20.1 Å². The van der Waals surface area contributed by atoms with Gasteiger partial charge in [-0.1, -0.05) is 26.0 Å². The third-order valence-electron chi connectivity index (χ3n) is 2.83. The average molecular weight is 265 g/mol. The Morgan fingerprint density at radius 1 is 1.26 bits per heavy atom. The van der Waals surface area contributed by atoms with Gasteiger partial charge in [0.2, 0.25) is 0 Å². The molecule has 0 aliphatic carbocycles. The molecule has 0 amide bonds. The van der Waals surface area contributed by atoms with Crippen LogP contribution in [0.5, 0.6) is 0 Å². The molecule has 0 aliphatic rings. The largest absolute Gasteiger partial charge is 0.356 e. The summed E-state index contributed by atoms with van der Waals surface area (Å²) in [5.74, 6) is 1.30. The molecule has 0 atom stereocenters. The summed E-state index contributed by atoms with van der Waals surface area (Å²) in [6.07, 6.45) is 1.90. The summed E-state index contributed by atoms with van der Waals surface area (Å²) in [7, 11) is 1.76. The maximum atomic E-state index is 13.0. The van der Waals surface area contributed by atoms with E-state index in [4.69, 9.17) is 0 Å². The first-order chi connectivity index (χ1) is 9.11. The second kappa shape index (κ2) is 8.51. The van der Waals surface area contributed by atoms with Gasteiger partial charge in [0, 0.05) is 20.1 Å². The van der Waals surface area contributed by atoms with Crippen molar-refractivity contribution >= 4 is 5.96 Å². The fourth-order valence-electron chi connectivity index (χ4n) is 1.72. The van der Waals surface area contributed by atoms with E-state index in [1.165, 1.54) is 6.07 Å². The number of nitrogens with zero attached hydrogens (tertiary/aromatic N) is 1. The fourth-order valence-corrected chi connectivity index (χ4v) is 1.72. The lowest BCUT2D eigenvalue weighted by atomic mass is 10.1. The minimum Gasteiger partial charge on any atom is -0.356 e. The molecule has 0 fully saturated rings. The lowest BCUT2D eigenvalue weighted by Crippen LogP contribution is -2.39. The molecule has 0 heterocycles. The molecule has 19 heavy (non-hydrogen) atoms. The molecule has 0 aliphatic heterocycles. The molecular formula is C15H24FN3. The molecule has 1 rings (SSSR count). The fraction of sp³-hybridized carbons (Fsp3) is 0.533. The smallest absolute Gasteiger partial charge is 0.190 e. The zero-order valence-electron chi connectivity index (χ0n) is 12.0. The quantitative estimate of drug-likeness (QED) is 0.612. The summed E-state index contributed by atoms with van der Waals surface area (Å²) in [4.78, 5) is 4.15. The summed E-state index contributed by atoms with van der Waals surface area (Å²) in [5.41, 5.74) is 0.991. The Morgan fingerprint density at radius 2 is 2.00 bits per heavy atom. The van der Waals surface area contributed by atoms with Gasteiger partial charge in [0.25, 0.3) is 0 Å². The van der Waals surface area contributed by atoms with Crippen molar-refractivity contribution < 1.29 is 4.39 Å². The highest BCUT2D eigenvalue weighted by molar-refractivity contribution is 5.79. The third kappa shape index (κ3) is 6.79. The van der Waals surface area contributed by atoms with Gasteiger partial charge in [-0.25, -0.2) is 4.39 Å². The highest BCUT2D eigenvalue weighted by Crippen LogP contribution is 2.03. The van der Waals surface area contributed by atoms with Crippen LogP contribution in [0.2, 0.25) is 0 Å². The van der Waals surface area contributed by atoms with Gasteiger partial charge >= 0.3 is 0 Å². The average Bonchev–Trinajstić information content (AvgIpc) is 2.36. The predicted molar refractivity (Wildman–Crippen MR) is 78.9 cm³/mol. The van der Waals surface area contributed by atoms with Gasteiger partial charge in [-0.3, -0.25) is 4.99 Å². The van der Waals surface area contributed by atoms with E-state index in [-0.39, 0.29) is 5.82 Å². The molecule has 0 aromatic heterocycles. The number of hydrogen-bond acceptors (Lipinski definition) is 1. The normalized spacial score (nSPS) is 11.7. The highest BCUT2D eigenvalue weighted by Gasteiger charge is 1.99. The highest BCUT2D eigenvalue weighted by atomic mass is 19.1. The van der Waals surface area contributed by atoms with Crippen LogP contribution >= 0.6 is 0 Å². The first-order valence-corrected chi connectivity index (χ1v) is 6.80. The molecule has 2 N–H and O–H groups in total. The maximum Gasteiger partial charge on any atom is 0.190 e. The van der Waals surface area contributed by atoms with Crippen LogP contribution in [-0.4, -0.2) is 26.1 Å². The first kappa shape index (κ1) is 15.5. The molecule has 0 saturated carbocycles. The zero-order valence-corrected chi connectivity index (χ0v) is 12.0. The van der Waals surface area contributed by atoms with Crippen molar-refractivity contribution in [1.29, 1.82) is 0 Å². The Bertz CT molecular complexity index is 402. The molecule has 0 bridgehead atoms. The molecule has 4 heteroatoms. The van der Waals surface area contributed by atoms with Gasteiger partial charge in [-0.05, 0) is 36.5 Å². The van der Waals surface area contributed by atoms with Crippen LogP contribution < -0.4 is 10.6 Å². The molecule has 0 unspecified atom stereocenters. The Balaban J connectivity index is 2.26. The maximum absolute atomic E-state index is 13.0. The Labute approximate surface area is 115 Å². The van der Waals surface area contributed by atoms with E-state index in [2.05, 4.69) is 29.5 Å². The number of benzene rings is 1. The van der Waals surface area contributed by atoms with Crippen molar-refractivity contribution in [3.63, 3.8) is 0 Å². The summed E-state index contributed by atoms with van der Waals surface area (Å²) < 4.78 is 13.0. The summed E-state index contributed by atoms with van der Waals surface area (Å²) >= 11 is 0. The third-order valence-corrected chi connectivity index (χ3v) is 2.83. The van der Waals surface area contributed by atoms with Gasteiger partial charge in [0.1, 0.15) is 5.82 Å². The van der Waals surface area contributed by atoms with E-state index in [1.807, 2.05) is 6.07 Å². The van der Waals surface area contributed by atoms with Crippen LogP contribution in [-0.2, 0) is 6.42 Å². The summed E-state index contributed by atoms with van der Waals surface area (Å²) in [6, 6.07) is 6.69. The van der Waals surface area contributed by atoms with Crippen molar-refractivity contribution in [3.8, 4) is 0 Å². The second-order valence-corrected chi connectivity index (χ2v) is 4.99. The van der Waals surface area contributed by atoms with Crippen LogP contribution in [0.1, 0.15) is 25.8 Å². The van der Waals surface area contributed by atoms with E-state index in [0.29, 0.717) is 5.92 Å². The van der Waals surface area contributed by atoms with E-state index < -0.39 is 0 Å². The zero-order chi connectivity index (χ0) is 14.1. The summed E-state index contributed by atoms with van der Waals surface area (Å²) in [6.45, 7) is 6.05. The number of rotatable bonds is 6. The molecule has 3 nitrogen and oxygen atoms in total. The van der Waals surface area contributed by atoms with Crippen LogP contribution in [0.4, 0.5) is 4.39 Å². The standard InChI is InChI=1S/C15H24FN3/c1-12(2)7-9-18-15(17-3)19-10-8-13-5-4-6-14(16)11-13/h4-6,11-12H,7-10H2,1-3H3,(H2,17,18,19). The summed E-state index contributed by atoms with van der Waals surface area (Å²) in [5, 5.41) is 6.49. The van der Waals surface area contributed by atoms with Gasteiger partial charge in [0.05, 0.1) is 0 Å². The van der Waals surface area contributed by atoms with Crippen LogP contribution in [0.3, 0.4) is 0 Å². The Kier molecular flexibility index (Phi) is 6.93. The van der Waals surface area contributed by atoms with Crippen molar-refractivity contribution in [2.24, 2.45) is 10.9 Å². The van der Waals surface area contributed by atoms with Crippen LogP contribution in [0.25, 0.3) is 0 Å². The lowest BCUT2D eigenvalue weighted by molar-refractivity contribution is 0.573. The van der Waals surface area contributed by atoms with Gasteiger partial charge < -0.3 is 10.6 Å². The Hall–Kier alpha value is -1.58. The van der Waals surface area contributed by atoms with E-state index in [1.54, 1.807) is 19.2 Å². The van der Waals surface area contributed by atoms with Crippen molar-refractivity contribution in [1.82, 2.24) is 10.6 Å². The predicted octanol–water partition coefficient (Wildman–Crippen LogP) is 2.58. The second-order valence-electron chi connectivity index (χ2n) is 4.99. The molecule has 0 saturated heterocycles. The minimum absolute atomic E-state index is 0.183. The van der Waals surface area contributed by atoms with Gasteiger partial charge in [0.15, 0.2) is 5.96 Å². The van der Waals surface area contributed by atoms with Crippen LogP contribution in [0, 0.1) is 11.7 Å². The molecule has 106 valence electrons. The number of hydrogen-bond donors (Lipinski definition) is 2. The van der Waals surface area contributed by atoms with E-state index in [0.717, 1.165) is 37.5 Å².